The topological polar surface area (TPSA) is 79.5 Å². The predicted octanol–water partition coefficient (Wildman–Crippen LogP) is 6.60. The van der Waals surface area contributed by atoms with Gasteiger partial charge in [-0.05, 0) is 63.8 Å². The number of halogens is 3. The number of alkyl halides is 3. The van der Waals surface area contributed by atoms with Crippen molar-refractivity contribution >= 4 is 5.97 Å². The first kappa shape index (κ1) is 26.6. The average molecular weight is 514 g/mol. The van der Waals surface area contributed by atoms with Crippen LogP contribution in [0.2, 0.25) is 0 Å². The summed E-state index contributed by atoms with van der Waals surface area (Å²) in [7, 11) is 1.74. The van der Waals surface area contributed by atoms with Crippen molar-refractivity contribution in [2.75, 3.05) is 7.05 Å². The fourth-order valence-electron chi connectivity index (χ4n) is 4.40. The molecule has 0 radical (unpaired) electrons. The van der Waals surface area contributed by atoms with E-state index in [2.05, 4.69) is 10.1 Å². The van der Waals surface area contributed by atoms with Crippen LogP contribution in [0.25, 0.3) is 11.4 Å². The highest BCUT2D eigenvalue weighted by Gasteiger charge is 2.40. The van der Waals surface area contributed by atoms with Crippen LogP contribution in [-0.2, 0) is 11.3 Å². The molecule has 1 unspecified atom stereocenters. The Kier molecular flexibility index (Phi) is 7.28. The maximum Gasteiger partial charge on any atom is 0.413 e. The molecule has 0 saturated heterocycles. The summed E-state index contributed by atoms with van der Waals surface area (Å²) in [6, 6.07) is 7.24. The molecule has 2 aliphatic rings. The lowest BCUT2D eigenvalue weighted by atomic mass is 9.82. The molecule has 0 aliphatic heterocycles. The molecule has 6 nitrogen and oxygen atoms in total. The van der Waals surface area contributed by atoms with Gasteiger partial charge in [-0.1, -0.05) is 59.3 Å². The number of carbonyl (C=O) groups is 1. The van der Waals surface area contributed by atoms with Crippen molar-refractivity contribution in [1.82, 2.24) is 15.0 Å². The van der Waals surface area contributed by atoms with Gasteiger partial charge in [0.05, 0.1) is 5.92 Å². The minimum atomic E-state index is -4.47. The number of likely N-dealkylation sites (N-methyl/N-ethyl adjacent to an activating group) is 1. The SMILES string of the molecule is CC1=C(C2=C(C(F)(F)F)CC(c3nc(-c4ccc(CN(C)C(C)(C)C(=O)O)cc4)no3)C=C2)C=CCC1. The maximum atomic E-state index is 14.0. The Morgan fingerprint density at radius 1 is 1.16 bits per heavy atom. The largest absolute Gasteiger partial charge is 0.480 e. The van der Waals surface area contributed by atoms with Gasteiger partial charge >= 0.3 is 12.1 Å². The molecule has 196 valence electrons. The minimum Gasteiger partial charge on any atom is -0.480 e. The quantitative estimate of drug-likeness (QED) is 0.449. The third-order valence-corrected chi connectivity index (χ3v) is 7.18. The lowest BCUT2D eigenvalue weighted by Gasteiger charge is -2.31. The molecule has 2 aliphatic carbocycles. The summed E-state index contributed by atoms with van der Waals surface area (Å²) in [5, 5.41) is 13.4. The van der Waals surface area contributed by atoms with E-state index in [1.54, 1.807) is 50.1 Å². The smallest absolute Gasteiger partial charge is 0.413 e. The van der Waals surface area contributed by atoms with Crippen LogP contribution in [-0.4, -0.2) is 44.9 Å². The van der Waals surface area contributed by atoms with Crippen LogP contribution in [0.1, 0.15) is 57.4 Å². The Labute approximate surface area is 213 Å². The maximum absolute atomic E-state index is 14.0. The van der Waals surface area contributed by atoms with Crippen molar-refractivity contribution in [3.63, 3.8) is 0 Å². The van der Waals surface area contributed by atoms with E-state index >= 15 is 0 Å². The van der Waals surface area contributed by atoms with E-state index < -0.39 is 29.2 Å². The molecule has 0 amide bonds. The molecule has 2 aromatic rings. The van der Waals surface area contributed by atoms with Gasteiger partial charge in [0.15, 0.2) is 0 Å². The molecule has 9 heteroatoms. The molecule has 0 spiro atoms. The second-order valence-corrected chi connectivity index (χ2v) is 10.1. The van der Waals surface area contributed by atoms with E-state index in [0.29, 0.717) is 17.7 Å². The summed E-state index contributed by atoms with van der Waals surface area (Å²) in [6.07, 6.45) is 3.75. The highest BCUT2D eigenvalue weighted by Crippen LogP contribution is 2.43. The molecule has 0 bridgehead atoms. The van der Waals surface area contributed by atoms with Crippen LogP contribution >= 0.6 is 0 Å². The minimum absolute atomic E-state index is 0.129. The first-order valence-electron chi connectivity index (χ1n) is 12.1. The number of aromatic nitrogens is 2. The van der Waals surface area contributed by atoms with Crippen molar-refractivity contribution in [2.24, 2.45) is 0 Å². The Hall–Kier alpha value is -3.46. The first-order chi connectivity index (χ1) is 17.4. The summed E-state index contributed by atoms with van der Waals surface area (Å²) < 4.78 is 47.5. The molecule has 1 aromatic carbocycles. The van der Waals surface area contributed by atoms with Gasteiger partial charge in [-0.3, -0.25) is 9.69 Å². The molecule has 37 heavy (non-hydrogen) atoms. The van der Waals surface area contributed by atoms with Gasteiger partial charge in [0, 0.05) is 17.7 Å². The summed E-state index contributed by atoms with van der Waals surface area (Å²) in [5.74, 6) is -1.18. The summed E-state index contributed by atoms with van der Waals surface area (Å²) in [6.45, 7) is 5.57. The molecular weight excluding hydrogens is 483 g/mol. The van der Waals surface area contributed by atoms with Crippen LogP contribution < -0.4 is 0 Å². The lowest BCUT2D eigenvalue weighted by molar-refractivity contribution is -0.148. The van der Waals surface area contributed by atoms with Crippen molar-refractivity contribution in [2.45, 2.75) is 64.2 Å². The van der Waals surface area contributed by atoms with Crippen LogP contribution in [0.4, 0.5) is 13.2 Å². The molecule has 1 heterocycles. The van der Waals surface area contributed by atoms with Gasteiger partial charge in [0.25, 0.3) is 0 Å². The van der Waals surface area contributed by atoms with Crippen molar-refractivity contribution in [1.29, 1.82) is 0 Å². The number of hydrogen-bond donors (Lipinski definition) is 1. The Morgan fingerprint density at radius 3 is 2.49 bits per heavy atom. The molecule has 0 fully saturated rings. The number of benzene rings is 1. The van der Waals surface area contributed by atoms with E-state index in [0.717, 1.165) is 24.0 Å². The van der Waals surface area contributed by atoms with Crippen LogP contribution in [0.5, 0.6) is 0 Å². The predicted molar refractivity (Wildman–Crippen MR) is 134 cm³/mol. The summed E-state index contributed by atoms with van der Waals surface area (Å²) in [5.41, 5.74) is 1.73. The second-order valence-electron chi connectivity index (χ2n) is 10.1. The molecular formula is C28H30F3N3O3. The number of hydrogen-bond acceptors (Lipinski definition) is 5. The highest BCUT2D eigenvalue weighted by molar-refractivity contribution is 5.77. The normalized spacial score (nSPS) is 18.8. The van der Waals surface area contributed by atoms with Crippen LogP contribution in [0.15, 0.2) is 75.4 Å². The number of aliphatic carboxylic acids is 1. The Morgan fingerprint density at radius 2 is 1.86 bits per heavy atom. The molecule has 1 aromatic heterocycles. The number of rotatable bonds is 7. The molecule has 1 N–H and O–H groups in total. The van der Waals surface area contributed by atoms with E-state index in [-0.39, 0.29) is 23.7 Å². The first-order valence-corrected chi connectivity index (χ1v) is 12.1. The van der Waals surface area contributed by atoms with E-state index in [1.165, 1.54) is 6.08 Å². The number of carboxylic acid groups (broad SMARTS) is 1. The van der Waals surface area contributed by atoms with Gasteiger partial charge in [0.2, 0.25) is 11.7 Å². The second kappa shape index (κ2) is 10.1. The summed E-state index contributed by atoms with van der Waals surface area (Å²) >= 11 is 0. The number of nitrogens with zero attached hydrogens (tertiary/aromatic N) is 3. The fourth-order valence-corrected chi connectivity index (χ4v) is 4.40. The third kappa shape index (κ3) is 5.61. The Bertz CT molecular complexity index is 1300. The molecule has 4 rings (SSSR count). The zero-order valence-electron chi connectivity index (χ0n) is 21.3. The fraction of sp³-hybridized carbons (Fsp3) is 0.393. The van der Waals surface area contributed by atoms with Gasteiger partial charge in [-0.15, -0.1) is 0 Å². The molecule has 1 atom stereocenters. The zero-order valence-corrected chi connectivity index (χ0v) is 21.3. The monoisotopic (exact) mass is 513 g/mol. The van der Waals surface area contributed by atoms with E-state index in [4.69, 9.17) is 4.52 Å². The number of allylic oxidation sites excluding steroid dienone is 8. The van der Waals surface area contributed by atoms with Crippen molar-refractivity contribution in [3.8, 4) is 11.4 Å². The standard InChI is InChI=1S/C28H30F3N3O3/c1-17-7-5-6-8-21(17)22-14-13-20(15-23(22)28(29,30)31)25-32-24(33-37-25)19-11-9-18(10-12-19)16-34(4)27(2,3)26(35)36/h6,8-14,20H,5,7,15-16H2,1-4H3,(H,35,36). The van der Waals surface area contributed by atoms with E-state index in [9.17, 15) is 23.1 Å². The van der Waals surface area contributed by atoms with Gasteiger partial charge < -0.3 is 9.63 Å². The van der Waals surface area contributed by atoms with Crippen LogP contribution in [0, 0.1) is 0 Å². The third-order valence-electron chi connectivity index (χ3n) is 7.18. The van der Waals surface area contributed by atoms with Gasteiger partial charge in [-0.2, -0.15) is 18.2 Å². The van der Waals surface area contributed by atoms with Gasteiger partial charge in [0.1, 0.15) is 5.54 Å². The number of carboxylic acids is 1. The van der Waals surface area contributed by atoms with Crippen molar-refractivity contribution in [3.05, 3.63) is 82.3 Å². The lowest BCUT2D eigenvalue weighted by Crippen LogP contribution is -2.47. The van der Waals surface area contributed by atoms with Crippen LogP contribution in [0.3, 0.4) is 0 Å². The zero-order chi connectivity index (χ0) is 27.0. The summed E-state index contributed by atoms with van der Waals surface area (Å²) in [4.78, 5) is 17.6. The molecule has 0 saturated carbocycles. The van der Waals surface area contributed by atoms with Gasteiger partial charge in [-0.25, -0.2) is 0 Å². The highest BCUT2D eigenvalue weighted by atomic mass is 19.4. The van der Waals surface area contributed by atoms with Crippen molar-refractivity contribution < 1.29 is 27.6 Å². The average Bonchev–Trinajstić information content (AvgIpc) is 3.34. The van der Waals surface area contributed by atoms with E-state index in [1.807, 2.05) is 25.1 Å². The Balaban J connectivity index is 1.52.